The third kappa shape index (κ3) is 2.03. The molecule has 0 spiro atoms. The van der Waals surface area contributed by atoms with Gasteiger partial charge in [0.05, 0.1) is 0 Å². The van der Waals surface area contributed by atoms with Gasteiger partial charge >= 0.3 is 5.97 Å². The molecule has 3 N–H and O–H groups in total. The second kappa shape index (κ2) is 4.81. The minimum absolute atomic E-state index is 0.116. The van der Waals surface area contributed by atoms with E-state index in [4.69, 9.17) is 5.73 Å². The molecule has 0 aromatic heterocycles. The average molecular weight is 274 g/mol. The highest BCUT2D eigenvalue weighted by molar-refractivity contribution is 5.97. The zero-order valence-electron chi connectivity index (χ0n) is 11.2. The number of likely N-dealkylation sites (tertiary alicyclic amines) is 1. The fourth-order valence-corrected chi connectivity index (χ4v) is 3.62. The Morgan fingerprint density at radius 1 is 1.20 bits per heavy atom. The summed E-state index contributed by atoms with van der Waals surface area (Å²) in [7, 11) is 0. The molecule has 5 nitrogen and oxygen atoms in total. The maximum atomic E-state index is 12.5. The van der Waals surface area contributed by atoms with Crippen molar-refractivity contribution in [3.63, 3.8) is 0 Å². The number of carbonyl (C=O) groups excluding carboxylic acids is 1. The zero-order chi connectivity index (χ0) is 14.3. The lowest BCUT2D eigenvalue weighted by atomic mass is 9.94. The minimum Gasteiger partial charge on any atom is -0.480 e. The van der Waals surface area contributed by atoms with Crippen LogP contribution in [-0.4, -0.2) is 34.5 Å². The van der Waals surface area contributed by atoms with Gasteiger partial charge < -0.3 is 15.7 Å². The van der Waals surface area contributed by atoms with Crippen molar-refractivity contribution in [2.24, 2.45) is 11.8 Å². The van der Waals surface area contributed by atoms with Gasteiger partial charge in [-0.2, -0.15) is 0 Å². The van der Waals surface area contributed by atoms with Gasteiger partial charge in [0.25, 0.3) is 5.91 Å². The van der Waals surface area contributed by atoms with E-state index in [1.54, 1.807) is 24.3 Å². The van der Waals surface area contributed by atoms with Crippen LogP contribution in [0.5, 0.6) is 0 Å². The number of carboxylic acids is 1. The fraction of sp³-hybridized carbons (Fsp3) is 0.467. The monoisotopic (exact) mass is 274 g/mol. The van der Waals surface area contributed by atoms with Crippen LogP contribution in [0.15, 0.2) is 24.3 Å². The van der Waals surface area contributed by atoms with E-state index in [1.807, 2.05) is 0 Å². The van der Waals surface area contributed by atoms with Gasteiger partial charge in [0, 0.05) is 17.8 Å². The largest absolute Gasteiger partial charge is 0.480 e. The predicted octanol–water partition coefficient (Wildman–Crippen LogP) is 1.59. The first-order valence-corrected chi connectivity index (χ1v) is 6.97. The number of anilines is 1. The number of nitrogens with two attached hydrogens (primary N) is 1. The molecule has 20 heavy (non-hydrogen) atoms. The van der Waals surface area contributed by atoms with Gasteiger partial charge in [0.2, 0.25) is 0 Å². The van der Waals surface area contributed by atoms with Crippen LogP contribution in [0, 0.1) is 11.8 Å². The standard InChI is InChI=1S/C15H18N2O3/c16-11-6-4-9(5-7-11)14(18)17-8-10-2-1-3-12(10)13(17)15(19)20/h4-7,10,12-13H,1-3,8,16H2,(H,19,20). The third-order valence-electron chi connectivity index (χ3n) is 4.56. The Balaban J connectivity index is 1.87. The minimum atomic E-state index is -0.886. The molecule has 3 unspecified atom stereocenters. The lowest BCUT2D eigenvalue weighted by Crippen LogP contribution is -2.43. The SMILES string of the molecule is Nc1ccc(C(=O)N2CC3CCCC3C2C(=O)O)cc1. The third-order valence-corrected chi connectivity index (χ3v) is 4.56. The summed E-state index contributed by atoms with van der Waals surface area (Å²) in [5, 5.41) is 9.46. The lowest BCUT2D eigenvalue weighted by Gasteiger charge is -2.24. The molecule has 1 saturated heterocycles. The molecule has 0 radical (unpaired) electrons. The molecule has 3 atom stereocenters. The smallest absolute Gasteiger partial charge is 0.326 e. The second-order valence-corrected chi connectivity index (χ2v) is 5.72. The summed E-state index contributed by atoms with van der Waals surface area (Å²) >= 11 is 0. The Kier molecular flexibility index (Phi) is 3.12. The molecular weight excluding hydrogens is 256 g/mol. The maximum Gasteiger partial charge on any atom is 0.326 e. The summed E-state index contributed by atoms with van der Waals surface area (Å²) in [5.41, 5.74) is 6.71. The van der Waals surface area contributed by atoms with Crippen molar-refractivity contribution in [3.05, 3.63) is 29.8 Å². The van der Waals surface area contributed by atoms with E-state index in [1.165, 1.54) is 4.90 Å². The number of nitrogens with zero attached hydrogens (tertiary/aromatic N) is 1. The van der Waals surface area contributed by atoms with Gasteiger partial charge in [-0.15, -0.1) is 0 Å². The molecule has 1 heterocycles. The van der Waals surface area contributed by atoms with E-state index in [0.717, 1.165) is 19.3 Å². The summed E-state index contributed by atoms with van der Waals surface area (Å²) in [6.45, 7) is 0.560. The van der Waals surface area contributed by atoms with Crippen LogP contribution in [0.4, 0.5) is 5.69 Å². The predicted molar refractivity (Wildman–Crippen MR) is 74.1 cm³/mol. The summed E-state index contributed by atoms with van der Waals surface area (Å²) in [6, 6.07) is 5.97. The van der Waals surface area contributed by atoms with Crippen LogP contribution < -0.4 is 5.73 Å². The molecule has 1 saturated carbocycles. The molecule has 5 heteroatoms. The van der Waals surface area contributed by atoms with Crippen molar-refractivity contribution < 1.29 is 14.7 Å². The van der Waals surface area contributed by atoms with Crippen LogP contribution in [-0.2, 0) is 4.79 Å². The molecule has 1 aromatic carbocycles. The van der Waals surface area contributed by atoms with E-state index < -0.39 is 12.0 Å². The number of benzene rings is 1. The van der Waals surface area contributed by atoms with E-state index in [-0.39, 0.29) is 11.8 Å². The van der Waals surface area contributed by atoms with E-state index >= 15 is 0 Å². The van der Waals surface area contributed by atoms with Crippen molar-refractivity contribution in [3.8, 4) is 0 Å². The molecule has 3 rings (SSSR count). The molecule has 2 fully saturated rings. The topological polar surface area (TPSA) is 83.6 Å². The van der Waals surface area contributed by atoms with Crippen molar-refractivity contribution in [2.75, 3.05) is 12.3 Å². The first kappa shape index (κ1) is 13.0. The number of hydrogen-bond acceptors (Lipinski definition) is 3. The molecule has 2 aliphatic rings. The Hall–Kier alpha value is -2.04. The highest BCUT2D eigenvalue weighted by atomic mass is 16.4. The van der Waals surface area contributed by atoms with Gasteiger partial charge in [0.1, 0.15) is 6.04 Å². The summed E-state index contributed by atoms with van der Waals surface area (Å²) in [6.07, 6.45) is 3.01. The Labute approximate surface area is 117 Å². The van der Waals surface area contributed by atoms with Gasteiger partial charge in [0.15, 0.2) is 0 Å². The molecule has 1 aliphatic heterocycles. The van der Waals surface area contributed by atoms with Gasteiger partial charge in [-0.1, -0.05) is 6.42 Å². The molecule has 1 aliphatic carbocycles. The van der Waals surface area contributed by atoms with Crippen molar-refractivity contribution in [1.29, 1.82) is 0 Å². The molecule has 1 amide bonds. The first-order chi connectivity index (χ1) is 9.58. The first-order valence-electron chi connectivity index (χ1n) is 6.97. The van der Waals surface area contributed by atoms with E-state index in [2.05, 4.69) is 0 Å². The van der Waals surface area contributed by atoms with Crippen LogP contribution in [0.25, 0.3) is 0 Å². The number of rotatable bonds is 2. The second-order valence-electron chi connectivity index (χ2n) is 5.72. The highest BCUT2D eigenvalue weighted by Gasteiger charge is 2.49. The summed E-state index contributed by atoms with van der Waals surface area (Å²) in [5.74, 6) is -0.631. The number of carboxylic acid groups (broad SMARTS) is 1. The van der Waals surface area contributed by atoms with Gasteiger partial charge in [-0.05, 0) is 48.9 Å². The average Bonchev–Trinajstić information content (AvgIpc) is 2.97. The quantitative estimate of drug-likeness (QED) is 0.802. The number of hydrogen-bond donors (Lipinski definition) is 2. The number of aliphatic carboxylic acids is 1. The maximum absolute atomic E-state index is 12.5. The summed E-state index contributed by atoms with van der Waals surface area (Å²) in [4.78, 5) is 25.6. The molecule has 106 valence electrons. The van der Waals surface area contributed by atoms with Crippen molar-refractivity contribution >= 4 is 17.6 Å². The van der Waals surface area contributed by atoms with E-state index in [9.17, 15) is 14.7 Å². The summed E-state index contributed by atoms with van der Waals surface area (Å²) < 4.78 is 0. The number of nitrogen functional groups attached to an aromatic ring is 1. The van der Waals surface area contributed by atoms with Crippen molar-refractivity contribution in [2.45, 2.75) is 25.3 Å². The zero-order valence-corrected chi connectivity index (χ0v) is 11.2. The van der Waals surface area contributed by atoms with Gasteiger partial charge in [-0.25, -0.2) is 4.79 Å². The number of carbonyl (C=O) groups is 2. The van der Waals surface area contributed by atoms with Crippen molar-refractivity contribution in [1.82, 2.24) is 4.90 Å². The Morgan fingerprint density at radius 2 is 1.90 bits per heavy atom. The molecular formula is C15H18N2O3. The van der Waals surface area contributed by atoms with E-state index in [0.29, 0.717) is 23.7 Å². The Morgan fingerprint density at radius 3 is 2.55 bits per heavy atom. The molecule has 0 bridgehead atoms. The van der Waals surface area contributed by atoms with Crippen LogP contribution >= 0.6 is 0 Å². The van der Waals surface area contributed by atoms with Crippen LogP contribution in [0.1, 0.15) is 29.6 Å². The number of amides is 1. The number of fused-ring (bicyclic) bond motifs is 1. The van der Waals surface area contributed by atoms with Crippen LogP contribution in [0.2, 0.25) is 0 Å². The van der Waals surface area contributed by atoms with Crippen LogP contribution in [0.3, 0.4) is 0 Å². The molecule has 1 aromatic rings. The fourth-order valence-electron chi connectivity index (χ4n) is 3.62. The lowest BCUT2D eigenvalue weighted by molar-refractivity contribution is -0.142. The Bertz CT molecular complexity index is 541. The normalized spacial score (nSPS) is 28.4. The highest BCUT2D eigenvalue weighted by Crippen LogP contribution is 2.42. The van der Waals surface area contributed by atoms with Gasteiger partial charge in [-0.3, -0.25) is 4.79 Å².